The van der Waals surface area contributed by atoms with Crippen molar-refractivity contribution in [1.82, 2.24) is 29.5 Å². The zero-order chi connectivity index (χ0) is 30.7. The molecule has 0 unspecified atom stereocenters. The molecule has 1 saturated heterocycles. The summed E-state index contributed by atoms with van der Waals surface area (Å²) in [7, 11) is 0. The summed E-state index contributed by atoms with van der Waals surface area (Å²) in [6, 6.07) is 8.95. The third kappa shape index (κ3) is 6.72. The van der Waals surface area contributed by atoms with Crippen LogP contribution in [-0.4, -0.2) is 73.5 Å². The van der Waals surface area contributed by atoms with Gasteiger partial charge in [0.15, 0.2) is 11.5 Å². The Hall–Kier alpha value is -5.05. The predicted molar refractivity (Wildman–Crippen MR) is 150 cm³/mol. The largest absolute Gasteiger partial charge is 0.490 e. The van der Waals surface area contributed by atoms with Crippen molar-refractivity contribution in [3.63, 3.8) is 0 Å². The third-order valence-corrected chi connectivity index (χ3v) is 6.62. The highest BCUT2D eigenvalue weighted by Crippen LogP contribution is 2.30. The highest BCUT2D eigenvalue weighted by molar-refractivity contribution is 6.13. The van der Waals surface area contributed by atoms with Gasteiger partial charge in [0.05, 0.1) is 23.5 Å². The Kier molecular flexibility index (Phi) is 8.25. The molecule has 6 rings (SSSR count). The first-order chi connectivity index (χ1) is 20.5. The summed E-state index contributed by atoms with van der Waals surface area (Å²) < 4.78 is 49.7. The zero-order valence-corrected chi connectivity index (χ0v) is 22.8. The number of hydrogen-bond acceptors (Lipinski definition) is 7. The maximum absolute atomic E-state index is 14.6. The predicted octanol–water partition coefficient (Wildman–Crippen LogP) is 3.87. The van der Waals surface area contributed by atoms with Crippen LogP contribution in [0.5, 0.6) is 0 Å². The van der Waals surface area contributed by atoms with Gasteiger partial charge < -0.3 is 25.0 Å². The fraction of sp³-hybridized carbons (Fsp3) is 0.250. The van der Waals surface area contributed by atoms with E-state index >= 15 is 0 Å². The molecule has 15 heteroatoms. The number of halogens is 4. The first kappa shape index (κ1) is 29.4. The number of aliphatic carboxylic acids is 1. The number of fused-ring (bicyclic) bond motifs is 2. The second-order valence-electron chi connectivity index (χ2n) is 9.76. The minimum Gasteiger partial charge on any atom is -0.475 e. The van der Waals surface area contributed by atoms with Crippen LogP contribution < -0.4 is 15.5 Å². The maximum atomic E-state index is 14.6. The second-order valence-corrected chi connectivity index (χ2v) is 9.76. The molecule has 43 heavy (non-hydrogen) atoms. The van der Waals surface area contributed by atoms with Gasteiger partial charge in [0.1, 0.15) is 5.52 Å². The summed E-state index contributed by atoms with van der Waals surface area (Å²) >= 11 is 0. The van der Waals surface area contributed by atoms with E-state index in [1.165, 1.54) is 6.07 Å². The van der Waals surface area contributed by atoms with Crippen LogP contribution in [0.3, 0.4) is 0 Å². The van der Waals surface area contributed by atoms with Crippen molar-refractivity contribution < 1.29 is 32.3 Å². The number of nitrogens with zero attached hydrogens (tertiary/aromatic N) is 6. The molecule has 5 aromatic rings. The molecular weight excluding hydrogens is 572 g/mol. The molecule has 3 N–H and O–H groups in total. The number of imidazole rings is 1. The number of alkyl halides is 3. The fourth-order valence-electron chi connectivity index (χ4n) is 4.71. The highest BCUT2D eigenvalue weighted by Gasteiger charge is 2.38. The molecule has 1 amide bonds. The molecule has 1 aliphatic heterocycles. The summed E-state index contributed by atoms with van der Waals surface area (Å²) in [6.07, 6.45) is 3.78. The van der Waals surface area contributed by atoms with Gasteiger partial charge in [-0.3, -0.25) is 14.5 Å². The van der Waals surface area contributed by atoms with Crippen molar-refractivity contribution in [3.05, 3.63) is 84.0 Å². The maximum Gasteiger partial charge on any atom is 0.490 e. The molecule has 0 spiro atoms. The van der Waals surface area contributed by atoms with Crippen molar-refractivity contribution in [2.24, 2.45) is 0 Å². The van der Waals surface area contributed by atoms with Gasteiger partial charge >= 0.3 is 12.1 Å². The lowest BCUT2D eigenvalue weighted by molar-refractivity contribution is -0.192. The van der Waals surface area contributed by atoms with E-state index in [-0.39, 0.29) is 11.6 Å². The number of aromatic nitrogens is 5. The summed E-state index contributed by atoms with van der Waals surface area (Å²) in [4.78, 5) is 32.9. The molecule has 0 saturated carbocycles. The van der Waals surface area contributed by atoms with E-state index in [2.05, 4.69) is 25.5 Å². The summed E-state index contributed by atoms with van der Waals surface area (Å²) in [5.74, 6) is -3.61. The number of anilines is 2. The van der Waals surface area contributed by atoms with Crippen molar-refractivity contribution in [3.8, 4) is 0 Å². The van der Waals surface area contributed by atoms with E-state index in [4.69, 9.17) is 15.0 Å². The van der Waals surface area contributed by atoms with Crippen LogP contribution in [0.4, 0.5) is 28.9 Å². The van der Waals surface area contributed by atoms with E-state index in [0.717, 1.165) is 42.8 Å². The summed E-state index contributed by atoms with van der Waals surface area (Å²) in [5, 5.41) is 19.1. The number of carboxylic acid groups (broad SMARTS) is 1. The van der Waals surface area contributed by atoms with Crippen molar-refractivity contribution in [2.75, 3.05) is 36.4 Å². The second kappa shape index (κ2) is 12.1. The SMILES string of the molecule is Cc1cn2cc(NC(=O)c3ccc(N4CCNCC4)c4cn(Cc5ccncc5)nc34)cc(F)c2n1.O=C(O)C(F)(F)F. The lowest BCUT2D eigenvalue weighted by atomic mass is 10.1. The fourth-order valence-corrected chi connectivity index (χ4v) is 4.71. The molecule has 0 atom stereocenters. The number of carbonyl (C=O) groups is 2. The number of hydrogen-bond donors (Lipinski definition) is 3. The molecule has 224 valence electrons. The van der Waals surface area contributed by atoms with Gasteiger partial charge in [-0.2, -0.15) is 18.3 Å². The molecule has 11 nitrogen and oxygen atoms in total. The minimum absolute atomic E-state index is 0.225. The quantitative estimate of drug-likeness (QED) is 0.260. The van der Waals surface area contributed by atoms with Crippen LogP contribution in [0, 0.1) is 12.7 Å². The average molecular weight is 599 g/mol. The van der Waals surface area contributed by atoms with Crippen LogP contribution in [0.25, 0.3) is 16.6 Å². The minimum atomic E-state index is -5.08. The lowest BCUT2D eigenvalue weighted by Crippen LogP contribution is -2.43. The van der Waals surface area contributed by atoms with E-state index in [1.807, 2.05) is 29.1 Å². The van der Waals surface area contributed by atoms with Gasteiger partial charge in [-0.25, -0.2) is 14.2 Å². The molecule has 4 aromatic heterocycles. The van der Waals surface area contributed by atoms with Gasteiger partial charge in [-0.15, -0.1) is 0 Å². The first-order valence-corrected chi connectivity index (χ1v) is 13.1. The van der Waals surface area contributed by atoms with Gasteiger partial charge in [0, 0.05) is 74.3 Å². The van der Waals surface area contributed by atoms with Crippen LogP contribution >= 0.6 is 0 Å². The van der Waals surface area contributed by atoms with E-state index in [1.54, 1.807) is 42.2 Å². The molecule has 0 radical (unpaired) electrons. The Morgan fingerprint density at radius 3 is 2.44 bits per heavy atom. The van der Waals surface area contributed by atoms with Gasteiger partial charge in [-0.05, 0) is 36.8 Å². The van der Waals surface area contributed by atoms with Crippen LogP contribution in [0.1, 0.15) is 21.6 Å². The first-order valence-electron chi connectivity index (χ1n) is 13.1. The Morgan fingerprint density at radius 1 is 1.07 bits per heavy atom. The number of pyridine rings is 2. The Morgan fingerprint density at radius 2 is 1.77 bits per heavy atom. The van der Waals surface area contributed by atoms with Crippen molar-refractivity contribution >= 4 is 39.8 Å². The van der Waals surface area contributed by atoms with E-state index < -0.39 is 18.0 Å². The molecule has 1 aromatic carbocycles. The molecule has 5 heterocycles. The number of amides is 1. The molecular formula is C28H26F4N8O3. The normalized spacial score (nSPS) is 13.6. The highest BCUT2D eigenvalue weighted by atomic mass is 19.4. The smallest absolute Gasteiger partial charge is 0.475 e. The van der Waals surface area contributed by atoms with Crippen LogP contribution in [0.2, 0.25) is 0 Å². The Labute approximate surface area is 241 Å². The number of piperazine rings is 1. The number of aryl methyl sites for hydroxylation is 1. The average Bonchev–Trinajstić information content (AvgIpc) is 3.56. The van der Waals surface area contributed by atoms with E-state index in [0.29, 0.717) is 29.0 Å². The van der Waals surface area contributed by atoms with Crippen LogP contribution in [-0.2, 0) is 11.3 Å². The third-order valence-electron chi connectivity index (χ3n) is 6.62. The number of carboxylic acids is 1. The molecule has 0 bridgehead atoms. The van der Waals surface area contributed by atoms with Crippen molar-refractivity contribution in [1.29, 1.82) is 0 Å². The molecule has 0 aliphatic carbocycles. The lowest BCUT2D eigenvalue weighted by Gasteiger charge is -2.30. The summed E-state index contributed by atoms with van der Waals surface area (Å²) in [5.41, 5.74) is 4.41. The summed E-state index contributed by atoms with van der Waals surface area (Å²) in [6.45, 7) is 5.90. The van der Waals surface area contributed by atoms with Gasteiger partial charge in [-0.1, -0.05) is 0 Å². The van der Waals surface area contributed by atoms with Gasteiger partial charge in [0.25, 0.3) is 5.91 Å². The van der Waals surface area contributed by atoms with Crippen molar-refractivity contribution in [2.45, 2.75) is 19.6 Å². The Balaban J connectivity index is 0.000000472. The topological polar surface area (TPSA) is 130 Å². The molecule has 1 aliphatic rings. The Bertz CT molecular complexity index is 1780. The number of benzene rings is 1. The zero-order valence-electron chi connectivity index (χ0n) is 22.8. The standard InChI is InChI=1S/C26H25FN8O.C2HF3O2/c1-17-13-34-15-19(12-22(27)25(34)30-17)31-26(36)20-2-3-23(33-10-8-29-9-11-33)21-16-35(32-24(20)21)14-18-4-6-28-7-5-18;3-2(4,5)1(6)7/h2-7,12-13,15-16,29H,8-11,14H2,1H3,(H,31,36);(H,6,7). The molecule has 1 fully saturated rings. The van der Waals surface area contributed by atoms with Crippen LogP contribution in [0.15, 0.2) is 61.3 Å². The van der Waals surface area contributed by atoms with E-state index in [9.17, 15) is 22.4 Å². The number of nitrogens with one attached hydrogen (secondary N) is 2. The number of rotatable bonds is 5. The number of carbonyl (C=O) groups excluding carboxylic acids is 1. The van der Waals surface area contributed by atoms with Gasteiger partial charge in [0.2, 0.25) is 0 Å². The monoisotopic (exact) mass is 598 g/mol.